The molecule has 1 heterocycles. The molecule has 0 radical (unpaired) electrons. The van der Waals surface area contributed by atoms with E-state index in [4.69, 9.17) is 0 Å². The summed E-state index contributed by atoms with van der Waals surface area (Å²) in [6.07, 6.45) is 2.81. The molecule has 118 valence electrons. The Labute approximate surface area is 126 Å². The zero-order valence-electron chi connectivity index (χ0n) is 13.2. The first kappa shape index (κ1) is 17.5. The fraction of sp³-hybridized carbons (Fsp3) is 0.750. The lowest BCUT2D eigenvalue weighted by molar-refractivity contribution is -0.138. The third-order valence-corrected chi connectivity index (χ3v) is 4.12. The number of Topliss-reactive ketones (excluding diaryl/α,β-unsaturated/α-hetero) is 3. The van der Waals surface area contributed by atoms with Crippen LogP contribution in [0, 0.1) is 11.8 Å². The second-order valence-electron chi connectivity index (χ2n) is 6.06. The molecule has 0 aromatic carbocycles. The Balaban J connectivity index is 2.54. The number of hydrogen-bond acceptors (Lipinski definition) is 4. The van der Waals surface area contributed by atoms with Crippen LogP contribution in [0.15, 0.2) is 0 Å². The van der Waals surface area contributed by atoms with E-state index in [1.54, 1.807) is 11.8 Å². The summed E-state index contributed by atoms with van der Waals surface area (Å²) < 4.78 is 0. The molecule has 0 spiro atoms. The normalized spacial score (nSPS) is 22.0. The number of hydrogen-bond donors (Lipinski definition) is 0. The summed E-state index contributed by atoms with van der Waals surface area (Å²) in [5, 5.41) is 0. The molecule has 1 rings (SSSR count). The number of amides is 1. The maximum atomic E-state index is 12.2. The van der Waals surface area contributed by atoms with E-state index in [1.165, 1.54) is 13.8 Å². The van der Waals surface area contributed by atoms with Gasteiger partial charge in [0, 0.05) is 37.8 Å². The maximum absolute atomic E-state index is 12.2. The number of likely N-dealkylation sites (tertiary alicyclic amines) is 1. The molecular formula is C16H25NO4. The smallest absolute Gasteiger partial charge is 0.222 e. The summed E-state index contributed by atoms with van der Waals surface area (Å²) in [5.41, 5.74) is 0. The third kappa shape index (κ3) is 5.78. The summed E-state index contributed by atoms with van der Waals surface area (Å²) >= 11 is 0. The lowest BCUT2D eigenvalue weighted by Crippen LogP contribution is -2.47. The van der Waals surface area contributed by atoms with Crippen LogP contribution in [-0.4, -0.2) is 41.2 Å². The Hall–Kier alpha value is -1.52. The number of ketones is 3. The number of piperidine rings is 1. The molecule has 0 bridgehead atoms. The predicted molar refractivity (Wildman–Crippen MR) is 78.7 cm³/mol. The van der Waals surface area contributed by atoms with E-state index in [0.29, 0.717) is 45.2 Å². The summed E-state index contributed by atoms with van der Waals surface area (Å²) in [6.45, 7) is 5.42. The molecule has 0 saturated carbocycles. The van der Waals surface area contributed by atoms with Gasteiger partial charge in [-0.25, -0.2) is 0 Å². The molecule has 0 aliphatic carbocycles. The summed E-state index contributed by atoms with van der Waals surface area (Å²) in [6, 6.07) is 0. The van der Waals surface area contributed by atoms with Crippen molar-refractivity contribution in [3.8, 4) is 0 Å². The number of unbranched alkanes of at least 4 members (excludes halogenated alkanes) is 1. The Morgan fingerprint density at radius 3 is 1.76 bits per heavy atom. The second-order valence-corrected chi connectivity index (χ2v) is 6.06. The molecule has 1 fully saturated rings. The van der Waals surface area contributed by atoms with Crippen molar-refractivity contribution >= 4 is 23.3 Å². The molecule has 0 N–H and O–H groups in total. The summed E-state index contributed by atoms with van der Waals surface area (Å²) in [7, 11) is 0. The van der Waals surface area contributed by atoms with Gasteiger partial charge in [-0.05, 0) is 40.0 Å². The molecular weight excluding hydrogens is 270 g/mol. The highest BCUT2D eigenvalue weighted by Crippen LogP contribution is 2.24. The Bertz CT molecular complexity index is 408. The minimum absolute atomic E-state index is 0.0178. The van der Waals surface area contributed by atoms with Crippen LogP contribution in [0.25, 0.3) is 0 Å². The summed E-state index contributed by atoms with van der Waals surface area (Å²) in [5.74, 6) is -0.266. The van der Waals surface area contributed by atoms with Gasteiger partial charge in [-0.1, -0.05) is 0 Å². The number of nitrogens with zero attached hydrogens (tertiary/aromatic N) is 1. The van der Waals surface area contributed by atoms with E-state index in [-0.39, 0.29) is 35.1 Å². The molecule has 0 aromatic heterocycles. The molecule has 2 atom stereocenters. The van der Waals surface area contributed by atoms with Gasteiger partial charge in [0.15, 0.2) is 0 Å². The van der Waals surface area contributed by atoms with Gasteiger partial charge < -0.3 is 9.69 Å². The predicted octanol–water partition coefficient (Wildman–Crippen LogP) is 1.78. The first-order chi connectivity index (χ1) is 9.81. The molecule has 1 saturated heterocycles. The van der Waals surface area contributed by atoms with Crippen LogP contribution in [0.2, 0.25) is 0 Å². The average molecular weight is 295 g/mol. The van der Waals surface area contributed by atoms with Gasteiger partial charge in [0.25, 0.3) is 0 Å². The second kappa shape index (κ2) is 8.05. The monoisotopic (exact) mass is 295 g/mol. The molecule has 1 aliphatic rings. The van der Waals surface area contributed by atoms with Crippen LogP contribution < -0.4 is 0 Å². The molecule has 0 aromatic rings. The summed E-state index contributed by atoms with van der Waals surface area (Å²) in [4.78, 5) is 47.9. The highest BCUT2D eigenvalue weighted by atomic mass is 16.2. The first-order valence-corrected chi connectivity index (χ1v) is 7.59. The number of carbonyl (C=O) groups is 4. The van der Waals surface area contributed by atoms with Gasteiger partial charge in [0.05, 0.1) is 0 Å². The fourth-order valence-electron chi connectivity index (χ4n) is 2.70. The fourth-order valence-corrected chi connectivity index (χ4v) is 2.70. The minimum Gasteiger partial charge on any atom is -0.341 e. The third-order valence-electron chi connectivity index (χ3n) is 4.12. The van der Waals surface area contributed by atoms with Crippen molar-refractivity contribution in [2.75, 3.05) is 13.1 Å². The van der Waals surface area contributed by atoms with E-state index in [1.807, 2.05) is 0 Å². The van der Waals surface area contributed by atoms with E-state index in [9.17, 15) is 19.2 Å². The number of rotatable bonds is 7. The van der Waals surface area contributed by atoms with E-state index >= 15 is 0 Å². The van der Waals surface area contributed by atoms with Crippen molar-refractivity contribution in [1.82, 2.24) is 4.90 Å². The molecule has 21 heavy (non-hydrogen) atoms. The van der Waals surface area contributed by atoms with E-state index in [0.717, 1.165) is 0 Å². The van der Waals surface area contributed by atoms with Gasteiger partial charge in [-0.15, -0.1) is 0 Å². The van der Waals surface area contributed by atoms with Crippen molar-refractivity contribution in [2.45, 2.75) is 52.9 Å². The molecule has 1 amide bonds. The first-order valence-electron chi connectivity index (χ1n) is 7.59. The molecule has 1 aliphatic heterocycles. The maximum Gasteiger partial charge on any atom is 0.222 e. The zero-order valence-corrected chi connectivity index (χ0v) is 13.2. The van der Waals surface area contributed by atoms with Crippen molar-refractivity contribution < 1.29 is 19.2 Å². The van der Waals surface area contributed by atoms with Crippen LogP contribution >= 0.6 is 0 Å². The van der Waals surface area contributed by atoms with Crippen molar-refractivity contribution in [3.05, 3.63) is 0 Å². The quantitative estimate of drug-likeness (QED) is 0.671. The zero-order chi connectivity index (χ0) is 16.0. The molecule has 5 heteroatoms. The Kier molecular flexibility index (Phi) is 6.72. The number of carbonyl (C=O) groups excluding carboxylic acids is 4. The van der Waals surface area contributed by atoms with Crippen LogP contribution in [0.3, 0.4) is 0 Å². The Morgan fingerprint density at radius 1 is 0.857 bits per heavy atom. The highest BCUT2D eigenvalue weighted by molar-refractivity contribution is 5.85. The lowest BCUT2D eigenvalue weighted by atomic mass is 9.84. The van der Waals surface area contributed by atoms with Crippen molar-refractivity contribution in [3.63, 3.8) is 0 Å². The van der Waals surface area contributed by atoms with E-state index in [2.05, 4.69) is 0 Å². The Morgan fingerprint density at radius 2 is 1.33 bits per heavy atom. The van der Waals surface area contributed by atoms with Crippen LogP contribution in [-0.2, 0) is 19.2 Å². The van der Waals surface area contributed by atoms with Crippen LogP contribution in [0.4, 0.5) is 0 Å². The van der Waals surface area contributed by atoms with Gasteiger partial charge in [0.2, 0.25) is 5.91 Å². The standard InChI is InChI=1S/C16H25NO4/c1-11(18)6-4-5-7-16(21)17-9-14(12(2)19)8-15(10-17)13(3)20/h14-15H,4-10H2,1-3H3/t14-,15+. The van der Waals surface area contributed by atoms with Gasteiger partial charge >= 0.3 is 0 Å². The van der Waals surface area contributed by atoms with Gasteiger partial charge in [-0.3, -0.25) is 14.4 Å². The van der Waals surface area contributed by atoms with Gasteiger partial charge in [-0.2, -0.15) is 0 Å². The highest BCUT2D eigenvalue weighted by Gasteiger charge is 2.33. The van der Waals surface area contributed by atoms with Crippen LogP contribution in [0.5, 0.6) is 0 Å². The SMILES string of the molecule is CC(=O)CCCCC(=O)N1C[C@H](C(C)=O)C[C@H](C(C)=O)C1. The van der Waals surface area contributed by atoms with E-state index < -0.39 is 0 Å². The average Bonchev–Trinajstić information content (AvgIpc) is 2.42. The lowest BCUT2D eigenvalue weighted by Gasteiger charge is -2.36. The molecule has 0 unspecified atom stereocenters. The largest absolute Gasteiger partial charge is 0.341 e. The molecule has 5 nitrogen and oxygen atoms in total. The van der Waals surface area contributed by atoms with Crippen LogP contribution in [0.1, 0.15) is 52.9 Å². The van der Waals surface area contributed by atoms with Crippen molar-refractivity contribution in [1.29, 1.82) is 0 Å². The van der Waals surface area contributed by atoms with Gasteiger partial charge in [0.1, 0.15) is 17.3 Å². The topological polar surface area (TPSA) is 71.5 Å². The minimum atomic E-state index is -0.228. The van der Waals surface area contributed by atoms with Crippen molar-refractivity contribution in [2.24, 2.45) is 11.8 Å².